The summed E-state index contributed by atoms with van der Waals surface area (Å²) in [7, 11) is 0. The van der Waals surface area contributed by atoms with E-state index in [-0.39, 0.29) is 12.5 Å². The Morgan fingerprint density at radius 3 is 2.55 bits per heavy atom. The van der Waals surface area contributed by atoms with Crippen LogP contribution in [0.3, 0.4) is 0 Å². The van der Waals surface area contributed by atoms with Crippen molar-refractivity contribution in [3.63, 3.8) is 0 Å². The minimum atomic E-state index is -0.872. The summed E-state index contributed by atoms with van der Waals surface area (Å²) in [5, 5.41) is 10.6. The van der Waals surface area contributed by atoms with Crippen molar-refractivity contribution in [1.82, 2.24) is 5.32 Å². The zero-order chi connectivity index (χ0) is 8.85. The quantitative estimate of drug-likeness (QED) is 0.536. The fraction of sp³-hybridized carbons (Fsp3) is 0.667. The van der Waals surface area contributed by atoms with E-state index in [0.29, 0.717) is 6.42 Å². The molecule has 0 aliphatic heterocycles. The molecule has 0 bridgehead atoms. The maximum atomic E-state index is 10.2. The number of hydrogen-bond donors (Lipinski definition) is 3. The predicted octanol–water partition coefficient (Wildman–Crippen LogP) is -0.0920. The third-order valence-electron chi connectivity index (χ3n) is 1.18. The topological polar surface area (TPSA) is 92.4 Å². The van der Waals surface area contributed by atoms with Gasteiger partial charge in [0.15, 0.2) is 0 Å². The molecule has 0 saturated heterocycles. The molecule has 1 atom stereocenters. The largest absolute Gasteiger partial charge is 0.481 e. The molecule has 11 heavy (non-hydrogen) atoms. The monoisotopic (exact) mass is 160 g/mol. The van der Waals surface area contributed by atoms with Gasteiger partial charge >= 0.3 is 12.0 Å². The highest BCUT2D eigenvalue weighted by molar-refractivity contribution is 5.72. The molecule has 1 unspecified atom stereocenters. The van der Waals surface area contributed by atoms with E-state index in [0.717, 1.165) is 0 Å². The Morgan fingerprint density at radius 1 is 1.64 bits per heavy atom. The summed E-state index contributed by atoms with van der Waals surface area (Å²) in [6, 6.07) is -0.800. The van der Waals surface area contributed by atoms with Crippen LogP contribution in [0.2, 0.25) is 0 Å². The number of primary amides is 1. The average Bonchev–Trinajstić information content (AvgIpc) is 1.82. The smallest absolute Gasteiger partial charge is 0.312 e. The molecule has 0 aromatic rings. The summed E-state index contributed by atoms with van der Waals surface area (Å²) in [5.74, 6) is -0.872. The molecule has 0 aromatic carbocycles. The molecule has 5 nitrogen and oxygen atoms in total. The van der Waals surface area contributed by atoms with Crippen LogP contribution >= 0.6 is 0 Å². The van der Waals surface area contributed by atoms with E-state index in [1.165, 1.54) is 0 Å². The van der Waals surface area contributed by atoms with Gasteiger partial charge in [-0.05, 0) is 13.3 Å². The normalized spacial score (nSPS) is 12.1. The highest BCUT2D eigenvalue weighted by atomic mass is 16.4. The standard InChI is InChI=1S/C6H12N2O3/c1-4(8-6(7)11)2-3-5(9)10/h4H,2-3H2,1H3,(H,9,10)(H3,7,8,11). The van der Waals surface area contributed by atoms with Crippen molar-refractivity contribution in [2.24, 2.45) is 5.73 Å². The number of urea groups is 1. The summed E-state index contributed by atoms with van der Waals surface area (Å²) < 4.78 is 0. The Bertz CT molecular complexity index is 158. The SMILES string of the molecule is CC(CCC(=O)O)NC(N)=O. The zero-order valence-electron chi connectivity index (χ0n) is 6.33. The van der Waals surface area contributed by atoms with Crippen LogP contribution in [0.1, 0.15) is 19.8 Å². The van der Waals surface area contributed by atoms with Crippen LogP contribution in [0, 0.1) is 0 Å². The van der Waals surface area contributed by atoms with E-state index in [4.69, 9.17) is 10.8 Å². The molecule has 0 rings (SSSR count). The lowest BCUT2D eigenvalue weighted by Gasteiger charge is -2.09. The lowest BCUT2D eigenvalue weighted by molar-refractivity contribution is -0.137. The first-order valence-electron chi connectivity index (χ1n) is 3.30. The van der Waals surface area contributed by atoms with E-state index in [1.807, 2.05) is 0 Å². The van der Waals surface area contributed by atoms with Crippen molar-refractivity contribution in [3.8, 4) is 0 Å². The molecular weight excluding hydrogens is 148 g/mol. The lowest BCUT2D eigenvalue weighted by atomic mass is 10.2. The maximum absolute atomic E-state index is 10.2. The zero-order valence-corrected chi connectivity index (χ0v) is 6.33. The number of aliphatic carboxylic acids is 1. The number of carboxylic acids is 1. The van der Waals surface area contributed by atoms with E-state index in [2.05, 4.69) is 5.32 Å². The minimum absolute atomic E-state index is 0.0431. The van der Waals surface area contributed by atoms with Crippen LogP contribution in [0.15, 0.2) is 0 Å². The molecule has 5 heteroatoms. The molecule has 4 N–H and O–H groups in total. The number of hydrogen-bond acceptors (Lipinski definition) is 2. The molecule has 0 fully saturated rings. The number of nitrogens with one attached hydrogen (secondary N) is 1. The van der Waals surface area contributed by atoms with Crippen molar-refractivity contribution in [2.75, 3.05) is 0 Å². The molecule has 0 heterocycles. The van der Waals surface area contributed by atoms with E-state index in [1.54, 1.807) is 6.92 Å². The molecule has 0 aliphatic carbocycles. The first-order chi connectivity index (χ1) is 5.02. The van der Waals surface area contributed by atoms with Gasteiger partial charge in [0.05, 0.1) is 0 Å². The van der Waals surface area contributed by atoms with Gasteiger partial charge in [0.1, 0.15) is 0 Å². The Morgan fingerprint density at radius 2 is 2.18 bits per heavy atom. The van der Waals surface area contributed by atoms with Gasteiger partial charge in [0.25, 0.3) is 0 Å². The Balaban J connectivity index is 3.44. The summed E-state index contributed by atoms with van der Waals surface area (Å²) >= 11 is 0. The summed E-state index contributed by atoms with van der Waals surface area (Å²) in [6.07, 6.45) is 0.444. The first kappa shape index (κ1) is 9.74. The number of nitrogens with two attached hydrogens (primary N) is 1. The van der Waals surface area contributed by atoms with E-state index >= 15 is 0 Å². The van der Waals surface area contributed by atoms with Gasteiger partial charge in [0.2, 0.25) is 0 Å². The van der Waals surface area contributed by atoms with Crippen molar-refractivity contribution in [1.29, 1.82) is 0 Å². The summed E-state index contributed by atoms with van der Waals surface area (Å²) in [5.41, 5.74) is 4.80. The van der Waals surface area contributed by atoms with Crippen molar-refractivity contribution in [2.45, 2.75) is 25.8 Å². The number of carbonyl (C=O) groups is 2. The van der Waals surface area contributed by atoms with Crippen LogP contribution in [0.4, 0.5) is 4.79 Å². The number of rotatable bonds is 4. The lowest BCUT2D eigenvalue weighted by Crippen LogP contribution is -2.36. The maximum Gasteiger partial charge on any atom is 0.312 e. The van der Waals surface area contributed by atoms with E-state index in [9.17, 15) is 9.59 Å². The van der Waals surface area contributed by atoms with Gasteiger partial charge in [-0.15, -0.1) is 0 Å². The van der Waals surface area contributed by atoms with Crippen LogP contribution in [0.5, 0.6) is 0 Å². The van der Waals surface area contributed by atoms with Crippen LogP contribution in [-0.2, 0) is 4.79 Å². The van der Waals surface area contributed by atoms with Gasteiger partial charge in [0, 0.05) is 12.5 Å². The number of amides is 2. The highest BCUT2D eigenvalue weighted by Gasteiger charge is 2.05. The predicted molar refractivity (Wildman–Crippen MR) is 39.1 cm³/mol. The van der Waals surface area contributed by atoms with Gasteiger partial charge in [-0.1, -0.05) is 0 Å². The van der Waals surface area contributed by atoms with Crippen LogP contribution in [-0.4, -0.2) is 23.1 Å². The molecule has 0 saturated carbocycles. The second-order valence-corrected chi connectivity index (χ2v) is 2.34. The van der Waals surface area contributed by atoms with Crippen molar-refractivity contribution >= 4 is 12.0 Å². The van der Waals surface area contributed by atoms with Gasteiger partial charge in [-0.3, -0.25) is 4.79 Å². The Hall–Kier alpha value is -1.26. The highest BCUT2D eigenvalue weighted by Crippen LogP contribution is 1.94. The Labute approximate surface area is 64.6 Å². The summed E-state index contributed by atoms with van der Waals surface area (Å²) in [4.78, 5) is 20.3. The molecular formula is C6H12N2O3. The second-order valence-electron chi connectivity index (χ2n) is 2.34. The fourth-order valence-corrected chi connectivity index (χ4v) is 0.655. The molecule has 0 aromatic heterocycles. The molecule has 0 spiro atoms. The third kappa shape index (κ3) is 6.63. The molecule has 0 radical (unpaired) electrons. The molecule has 0 aliphatic rings. The minimum Gasteiger partial charge on any atom is -0.481 e. The van der Waals surface area contributed by atoms with Crippen molar-refractivity contribution < 1.29 is 14.7 Å². The molecule has 64 valence electrons. The molecule has 2 amide bonds. The Kier molecular flexibility index (Phi) is 4.02. The van der Waals surface area contributed by atoms with Gasteiger partial charge < -0.3 is 16.2 Å². The summed E-state index contributed by atoms with van der Waals surface area (Å²) in [6.45, 7) is 1.70. The average molecular weight is 160 g/mol. The van der Waals surface area contributed by atoms with Gasteiger partial charge in [-0.2, -0.15) is 0 Å². The van der Waals surface area contributed by atoms with Crippen molar-refractivity contribution in [3.05, 3.63) is 0 Å². The fourth-order valence-electron chi connectivity index (χ4n) is 0.655. The number of carboxylic acid groups (broad SMARTS) is 1. The second kappa shape index (κ2) is 4.54. The third-order valence-corrected chi connectivity index (χ3v) is 1.18. The van der Waals surface area contributed by atoms with E-state index < -0.39 is 12.0 Å². The van der Waals surface area contributed by atoms with Crippen LogP contribution in [0.25, 0.3) is 0 Å². The number of carbonyl (C=O) groups excluding carboxylic acids is 1. The van der Waals surface area contributed by atoms with Crippen LogP contribution < -0.4 is 11.1 Å². The first-order valence-corrected chi connectivity index (χ1v) is 3.30. The van der Waals surface area contributed by atoms with Gasteiger partial charge in [-0.25, -0.2) is 4.79 Å².